The van der Waals surface area contributed by atoms with E-state index in [9.17, 15) is 14.0 Å². The van der Waals surface area contributed by atoms with Gasteiger partial charge in [-0.3, -0.25) is 9.59 Å². The van der Waals surface area contributed by atoms with Crippen LogP contribution < -0.4 is 10.6 Å². The minimum absolute atomic E-state index is 0.100. The number of aryl methyl sites for hydroxylation is 2. The lowest BCUT2D eigenvalue weighted by Crippen LogP contribution is -2.33. The maximum atomic E-state index is 13.6. The Hall–Kier alpha value is -3.06. The number of amides is 2. The lowest BCUT2D eigenvalue weighted by atomic mass is 10.1. The summed E-state index contributed by atoms with van der Waals surface area (Å²) in [5, 5.41) is 7.33. The molecule has 0 saturated carbocycles. The molecule has 0 aliphatic rings. The molecular weight excluding hydrogens is 365 g/mol. The molecule has 1 heterocycles. The fourth-order valence-corrected chi connectivity index (χ4v) is 3.16. The summed E-state index contributed by atoms with van der Waals surface area (Å²) in [7, 11) is 0. The van der Waals surface area contributed by atoms with Crippen molar-refractivity contribution >= 4 is 28.3 Å². The summed E-state index contributed by atoms with van der Waals surface area (Å²) in [6.07, 6.45) is 0. The van der Waals surface area contributed by atoms with E-state index in [2.05, 4.69) is 15.6 Å². The van der Waals surface area contributed by atoms with E-state index in [1.807, 2.05) is 37.4 Å². The van der Waals surface area contributed by atoms with Gasteiger partial charge in [-0.05, 0) is 43.2 Å². The molecule has 2 N–H and O–H groups in total. The molecule has 0 saturated heterocycles. The summed E-state index contributed by atoms with van der Waals surface area (Å²) in [4.78, 5) is 28.4. The Balaban J connectivity index is 1.59. The zero-order valence-electron chi connectivity index (χ0n) is 14.9. The van der Waals surface area contributed by atoms with Gasteiger partial charge in [-0.15, -0.1) is 11.3 Å². The average molecular weight is 383 g/mol. The molecule has 1 aromatic heterocycles. The van der Waals surface area contributed by atoms with E-state index >= 15 is 0 Å². The third-order valence-corrected chi connectivity index (χ3v) is 4.84. The predicted octanol–water partition coefficient (Wildman–Crippen LogP) is 3.93. The molecule has 0 spiro atoms. The number of halogens is 1. The first-order chi connectivity index (χ1) is 12.9. The number of rotatable bonds is 5. The van der Waals surface area contributed by atoms with Gasteiger partial charge in [-0.1, -0.05) is 24.3 Å². The Bertz CT molecular complexity index is 1000. The number of benzene rings is 2. The van der Waals surface area contributed by atoms with Crippen LogP contribution in [-0.4, -0.2) is 23.3 Å². The third-order valence-electron chi connectivity index (χ3n) is 4.08. The fraction of sp³-hybridized carbons (Fsp3) is 0.150. The first-order valence-corrected chi connectivity index (χ1v) is 9.18. The van der Waals surface area contributed by atoms with Crippen molar-refractivity contribution in [1.82, 2.24) is 10.3 Å². The number of nitrogens with one attached hydrogen (secondary N) is 2. The zero-order valence-corrected chi connectivity index (χ0v) is 15.7. The SMILES string of the molecule is Cc1ccc(-c2csc(NC(=O)CNC(=O)c3ccccc3F)n2)cc1C. The van der Waals surface area contributed by atoms with E-state index in [1.54, 1.807) is 6.07 Å². The number of hydrogen-bond donors (Lipinski definition) is 2. The molecule has 0 bridgehead atoms. The minimum Gasteiger partial charge on any atom is -0.343 e. The number of thiazole rings is 1. The molecule has 5 nitrogen and oxygen atoms in total. The van der Waals surface area contributed by atoms with Crippen LogP contribution in [0.1, 0.15) is 21.5 Å². The van der Waals surface area contributed by atoms with Gasteiger partial charge in [0.15, 0.2) is 5.13 Å². The summed E-state index contributed by atoms with van der Waals surface area (Å²) in [6, 6.07) is 11.7. The van der Waals surface area contributed by atoms with Crippen LogP contribution in [0.2, 0.25) is 0 Å². The van der Waals surface area contributed by atoms with Crippen LogP contribution in [0.3, 0.4) is 0 Å². The van der Waals surface area contributed by atoms with Crippen LogP contribution in [0, 0.1) is 19.7 Å². The van der Waals surface area contributed by atoms with Crippen LogP contribution in [0.15, 0.2) is 47.8 Å². The van der Waals surface area contributed by atoms with Crippen molar-refractivity contribution in [2.75, 3.05) is 11.9 Å². The van der Waals surface area contributed by atoms with Crippen molar-refractivity contribution in [1.29, 1.82) is 0 Å². The molecule has 0 aliphatic carbocycles. The largest absolute Gasteiger partial charge is 0.343 e. The first-order valence-electron chi connectivity index (χ1n) is 8.30. The summed E-state index contributed by atoms with van der Waals surface area (Å²) in [5.41, 5.74) is 4.02. The Labute approximate surface area is 160 Å². The van der Waals surface area contributed by atoms with Crippen molar-refractivity contribution in [2.45, 2.75) is 13.8 Å². The van der Waals surface area contributed by atoms with Gasteiger partial charge in [0.2, 0.25) is 5.91 Å². The van der Waals surface area contributed by atoms with E-state index < -0.39 is 17.6 Å². The molecule has 0 unspecified atom stereocenters. The molecule has 0 atom stereocenters. The lowest BCUT2D eigenvalue weighted by molar-refractivity contribution is -0.115. The van der Waals surface area contributed by atoms with Crippen molar-refractivity contribution in [3.63, 3.8) is 0 Å². The van der Waals surface area contributed by atoms with E-state index in [0.717, 1.165) is 11.3 Å². The van der Waals surface area contributed by atoms with Crippen LogP contribution in [-0.2, 0) is 4.79 Å². The molecule has 2 aromatic carbocycles. The summed E-state index contributed by atoms with van der Waals surface area (Å²) < 4.78 is 13.6. The molecular formula is C20H18FN3O2S. The van der Waals surface area contributed by atoms with Gasteiger partial charge in [0.05, 0.1) is 17.8 Å². The van der Waals surface area contributed by atoms with Crippen LogP contribution in [0.4, 0.5) is 9.52 Å². The lowest BCUT2D eigenvalue weighted by Gasteiger charge is -2.06. The Morgan fingerprint density at radius 2 is 1.89 bits per heavy atom. The molecule has 0 fully saturated rings. The first kappa shape index (κ1) is 18.7. The summed E-state index contributed by atoms with van der Waals surface area (Å²) in [6.45, 7) is 3.80. The van der Waals surface area contributed by atoms with Crippen molar-refractivity contribution in [3.05, 3.63) is 70.4 Å². The van der Waals surface area contributed by atoms with Crippen LogP contribution in [0.25, 0.3) is 11.3 Å². The van der Waals surface area contributed by atoms with Gasteiger partial charge in [0, 0.05) is 10.9 Å². The predicted molar refractivity (Wildman–Crippen MR) is 104 cm³/mol. The number of nitrogens with zero attached hydrogens (tertiary/aromatic N) is 1. The standard InChI is InChI=1S/C20H18FN3O2S/c1-12-7-8-14(9-13(12)2)17-11-27-20(23-17)24-18(25)10-22-19(26)15-5-3-4-6-16(15)21/h3-9,11H,10H2,1-2H3,(H,22,26)(H,23,24,25). The highest BCUT2D eigenvalue weighted by atomic mass is 32.1. The molecule has 3 aromatic rings. The highest BCUT2D eigenvalue weighted by Gasteiger charge is 2.13. The quantitative estimate of drug-likeness (QED) is 0.701. The van der Waals surface area contributed by atoms with E-state index in [4.69, 9.17) is 0 Å². The van der Waals surface area contributed by atoms with Crippen molar-refractivity contribution < 1.29 is 14.0 Å². The number of hydrogen-bond acceptors (Lipinski definition) is 4. The fourth-order valence-electron chi connectivity index (χ4n) is 2.43. The number of carbonyl (C=O) groups is 2. The van der Waals surface area contributed by atoms with E-state index in [0.29, 0.717) is 5.13 Å². The number of anilines is 1. The van der Waals surface area contributed by atoms with Crippen molar-refractivity contribution in [2.24, 2.45) is 0 Å². The van der Waals surface area contributed by atoms with Gasteiger partial charge in [0.1, 0.15) is 5.82 Å². The second-order valence-electron chi connectivity index (χ2n) is 6.05. The van der Waals surface area contributed by atoms with Gasteiger partial charge in [-0.2, -0.15) is 0 Å². The number of carbonyl (C=O) groups excluding carboxylic acids is 2. The Morgan fingerprint density at radius 3 is 2.63 bits per heavy atom. The molecule has 0 aliphatic heterocycles. The van der Waals surface area contributed by atoms with Crippen molar-refractivity contribution in [3.8, 4) is 11.3 Å². The van der Waals surface area contributed by atoms with E-state index in [1.165, 1.54) is 40.7 Å². The van der Waals surface area contributed by atoms with E-state index in [-0.39, 0.29) is 12.1 Å². The summed E-state index contributed by atoms with van der Waals surface area (Å²) >= 11 is 1.30. The summed E-state index contributed by atoms with van der Waals surface area (Å²) in [5.74, 6) is -1.70. The zero-order chi connectivity index (χ0) is 19.4. The normalized spacial score (nSPS) is 10.5. The van der Waals surface area contributed by atoms with Crippen LogP contribution in [0.5, 0.6) is 0 Å². The molecule has 0 radical (unpaired) electrons. The van der Waals surface area contributed by atoms with Crippen LogP contribution >= 0.6 is 11.3 Å². The molecule has 27 heavy (non-hydrogen) atoms. The number of aromatic nitrogens is 1. The Kier molecular flexibility index (Phi) is 5.61. The molecule has 7 heteroatoms. The smallest absolute Gasteiger partial charge is 0.254 e. The monoisotopic (exact) mass is 383 g/mol. The topological polar surface area (TPSA) is 71.1 Å². The highest BCUT2D eigenvalue weighted by molar-refractivity contribution is 7.14. The molecule has 3 rings (SSSR count). The molecule has 138 valence electrons. The second kappa shape index (κ2) is 8.09. The Morgan fingerprint density at radius 1 is 1.11 bits per heavy atom. The maximum absolute atomic E-state index is 13.6. The highest BCUT2D eigenvalue weighted by Crippen LogP contribution is 2.26. The van der Waals surface area contributed by atoms with Gasteiger partial charge < -0.3 is 10.6 Å². The average Bonchev–Trinajstić information content (AvgIpc) is 3.11. The second-order valence-corrected chi connectivity index (χ2v) is 6.91. The van der Waals surface area contributed by atoms with Gasteiger partial charge >= 0.3 is 0 Å². The third kappa shape index (κ3) is 4.57. The minimum atomic E-state index is -0.641. The maximum Gasteiger partial charge on any atom is 0.254 e. The van der Waals surface area contributed by atoms with Gasteiger partial charge in [-0.25, -0.2) is 9.37 Å². The van der Waals surface area contributed by atoms with Gasteiger partial charge in [0.25, 0.3) is 5.91 Å². The molecule has 2 amide bonds.